The van der Waals surface area contributed by atoms with Gasteiger partial charge in [0.15, 0.2) is 5.82 Å². The first-order valence-electron chi connectivity index (χ1n) is 9.14. The highest BCUT2D eigenvalue weighted by Crippen LogP contribution is 2.52. The minimum atomic E-state index is -0.679. The Labute approximate surface area is 157 Å². The van der Waals surface area contributed by atoms with Gasteiger partial charge in [-0.25, -0.2) is 0 Å². The summed E-state index contributed by atoms with van der Waals surface area (Å²) in [5, 5.41) is 3.85. The number of aryl methyl sites for hydroxylation is 1. The molecule has 4 unspecified atom stereocenters. The zero-order valence-corrected chi connectivity index (χ0v) is 15.8. The largest absolute Gasteiger partial charge is 0.383 e. The molecule has 4 heterocycles. The molecule has 2 amide bonds. The third kappa shape index (κ3) is 2.94. The molecule has 1 spiro atoms. The third-order valence-corrected chi connectivity index (χ3v) is 5.65. The number of aromatic nitrogens is 2. The molecule has 0 N–H and O–H groups in total. The maximum Gasteiger partial charge on any atom is 0.230 e. The van der Waals surface area contributed by atoms with Crippen molar-refractivity contribution in [1.82, 2.24) is 19.9 Å². The van der Waals surface area contributed by atoms with Crippen molar-refractivity contribution in [3.63, 3.8) is 0 Å². The zero-order chi connectivity index (χ0) is 19.2. The predicted molar refractivity (Wildman–Crippen MR) is 92.6 cm³/mol. The predicted octanol–water partition coefficient (Wildman–Crippen LogP) is -0.193. The molecule has 0 aliphatic carbocycles. The second kappa shape index (κ2) is 6.72. The molecule has 2 bridgehead atoms. The molecule has 0 saturated carbocycles. The van der Waals surface area contributed by atoms with Gasteiger partial charge < -0.3 is 23.8 Å². The summed E-state index contributed by atoms with van der Waals surface area (Å²) in [5.74, 6) is -0.00717. The number of amides is 2. The number of likely N-dealkylation sites (tertiary alicyclic amines) is 1. The van der Waals surface area contributed by atoms with E-state index in [0.29, 0.717) is 44.4 Å². The molecule has 9 nitrogen and oxygen atoms in total. The van der Waals surface area contributed by atoms with Crippen LogP contribution >= 0.6 is 0 Å². The number of rotatable bonds is 7. The van der Waals surface area contributed by atoms with E-state index in [1.165, 1.54) is 0 Å². The van der Waals surface area contributed by atoms with Gasteiger partial charge in [0.05, 0.1) is 31.1 Å². The van der Waals surface area contributed by atoms with Crippen molar-refractivity contribution < 1.29 is 23.6 Å². The van der Waals surface area contributed by atoms with Crippen LogP contribution in [0.2, 0.25) is 0 Å². The number of carbonyl (C=O) groups is 2. The van der Waals surface area contributed by atoms with Crippen LogP contribution in [0.15, 0.2) is 16.7 Å². The molecule has 0 aromatic carbocycles. The number of methoxy groups -OCH3 is 1. The molecule has 1 aromatic rings. The van der Waals surface area contributed by atoms with Crippen LogP contribution in [-0.4, -0.2) is 83.9 Å². The van der Waals surface area contributed by atoms with Crippen molar-refractivity contribution in [2.75, 3.05) is 40.4 Å². The molecule has 9 heteroatoms. The number of hydrogen-bond donors (Lipinski definition) is 0. The van der Waals surface area contributed by atoms with Gasteiger partial charge in [-0.2, -0.15) is 4.98 Å². The van der Waals surface area contributed by atoms with E-state index in [1.54, 1.807) is 30.9 Å². The SMILES string of the molecule is COCCN1CC23C=CC(O2)C(C(=O)N(C)CCc2noc(C)n2)C3C1=O. The van der Waals surface area contributed by atoms with Gasteiger partial charge in [0.25, 0.3) is 0 Å². The van der Waals surface area contributed by atoms with Crippen LogP contribution in [0.1, 0.15) is 11.7 Å². The van der Waals surface area contributed by atoms with E-state index in [9.17, 15) is 9.59 Å². The molecular formula is C18H24N4O5. The van der Waals surface area contributed by atoms with Crippen molar-refractivity contribution in [2.45, 2.75) is 25.0 Å². The van der Waals surface area contributed by atoms with Crippen molar-refractivity contribution in [2.24, 2.45) is 11.8 Å². The Bertz CT molecular complexity index is 778. The van der Waals surface area contributed by atoms with Crippen LogP contribution in [0, 0.1) is 18.8 Å². The van der Waals surface area contributed by atoms with Gasteiger partial charge in [0.1, 0.15) is 5.60 Å². The first-order valence-corrected chi connectivity index (χ1v) is 9.14. The lowest BCUT2D eigenvalue weighted by Crippen LogP contribution is -2.45. The lowest BCUT2D eigenvalue weighted by atomic mass is 9.76. The molecule has 4 rings (SSSR count). The fraction of sp³-hybridized carbons (Fsp3) is 0.667. The maximum absolute atomic E-state index is 13.1. The number of carbonyl (C=O) groups excluding carboxylic acids is 2. The van der Waals surface area contributed by atoms with Gasteiger partial charge in [0.2, 0.25) is 17.7 Å². The number of fused-ring (bicyclic) bond motifs is 1. The molecule has 1 aromatic heterocycles. The Hall–Kier alpha value is -2.26. The minimum absolute atomic E-state index is 0.0283. The van der Waals surface area contributed by atoms with Crippen molar-refractivity contribution >= 4 is 11.8 Å². The summed E-state index contributed by atoms with van der Waals surface area (Å²) < 4.78 is 16.2. The molecule has 0 radical (unpaired) electrons. The molecule has 2 saturated heterocycles. The fourth-order valence-electron chi connectivity index (χ4n) is 4.33. The van der Waals surface area contributed by atoms with Gasteiger partial charge in [-0.15, -0.1) is 0 Å². The maximum atomic E-state index is 13.1. The van der Waals surface area contributed by atoms with E-state index in [4.69, 9.17) is 14.0 Å². The molecule has 2 fully saturated rings. The summed E-state index contributed by atoms with van der Waals surface area (Å²) in [6.45, 7) is 3.62. The Balaban J connectivity index is 1.46. The fourth-order valence-corrected chi connectivity index (χ4v) is 4.33. The number of hydrogen-bond acceptors (Lipinski definition) is 7. The van der Waals surface area contributed by atoms with E-state index in [0.717, 1.165) is 0 Å². The summed E-state index contributed by atoms with van der Waals surface area (Å²) in [7, 11) is 3.34. The standard InChI is InChI=1S/C18H24N4O5/c1-11-19-13(20-27-11)5-7-21(2)16(23)14-12-4-6-18(26-12)10-22(8-9-25-3)17(24)15(14)18/h4,6,12,14-15H,5,7-10H2,1-3H3. The van der Waals surface area contributed by atoms with Gasteiger partial charge >= 0.3 is 0 Å². The van der Waals surface area contributed by atoms with Crippen molar-refractivity contribution in [3.05, 3.63) is 23.9 Å². The molecule has 4 atom stereocenters. The Morgan fingerprint density at radius 3 is 3.04 bits per heavy atom. The molecule has 27 heavy (non-hydrogen) atoms. The van der Waals surface area contributed by atoms with Crippen LogP contribution < -0.4 is 0 Å². The Kier molecular flexibility index (Phi) is 4.51. The lowest BCUT2D eigenvalue weighted by molar-refractivity contribution is -0.142. The highest BCUT2D eigenvalue weighted by molar-refractivity contribution is 5.93. The Morgan fingerprint density at radius 1 is 1.52 bits per heavy atom. The van der Waals surface area contributed by atoms with E-state index >= 15 is 0 Å². The van der Waals surface area contributed by atoms with Crippen LogP contribution in [0.3, 0.4) is 0 Å². The smallest absolute Gasteiger partial charge is 0.230 e. The molecular weight excluding hydrogens is 352 g/mol. The van der Waals surface area contributed by atoms with Crippen LogP contribution in [-0.2, 0) is 25.5 Å². The number of likely N-dealkylation sites (N-methyl/N-ethyl adjacent to an activating group) is 1. The molecule has 3 aliphatic rings. The first-order chi connectivity index (χ1) is 12.9. The second-order valence-electron chi connectivity index (χ2n) is 7.39. The highest BCUT2D eigenvalue weighted by atomic mass is 16.5. The number of nitrogens with zero attached hydrogens (tertiary/aromatic N) is 4. The zero-order valence-electron chi connectivity index (χ0n) is 15.8. The van der Waals surface area contributed by atoms with E-state index < -0.39 is 17.4 Å². The average Bonchev–Trinajstić information content (AvgIpc) is 3.39. The first kappa shape index (κ1) is 18.1. The van der Waals surface area contributed by atoms with Crippen LogP contribution in [0.4, 0.5) is 0 Å². The summed E-state index contributed by atoms with van der Waals surface area (Å²) in [5.41, 5.74) is -0.679. The summed E-state index contributed by atoms with van der Waals surface area (Å²) in [4.78, 5) is 33.6. The van der Waals surface area contributed by atoms with Gasteiger partial charge in [-0.1, -0.05) is 17.3 Å². The van der Waals surface area contributed by atoms with Crippen LogP contribution in [0.25, 0.3) is 0 Å². The summed E-state index contributed by atoms with van der Waals surface area (Å²) in [6.07, 6.45) is 4.03. The molecule has 3 aliphatic heterocycles. The van der Waals surface area contributed by atoms with Gasteiger partial charge in [-0.05, 0) is 0 Å². The third-order valence-electron chi connectivity index (χ3n) is 5.65. The highest BCUT2D eigenvalue weighted by Gasteiger charge is 2.66. The minimum Gasteiger partial charge on any atom is -0.383 e. The van der Waals surface area contributed by atoms with Gasteiger partial charge in [0, 0.05) is 40.6 Å². The van der Waals surface area contributed by atoms with E-state index in [1.807, 2.05) is 12.2 Å². The van der Waals surface area contributed by atoms with E-state index in [2.05, 4.69) is 10.1 Å². The van der Waals surface area contributed by atoms with Crippen molar-refractivity contribution in [3.8, 4) is 0 Å². The summed E-state index contributed by atoms with van der Waals surface area (Å²) >= 11 is 0. The average molecular weight is 376 g/mol. The topological polar surface area (TPSA) is 98.0 Å². The number of ether oxygens (including phenoxy) is 2. The second-order valence-corrected chi connectivity index (χ2v) is 7.39. The van der Waals surface area contributed by atoms with Gasteiger partial charge in [-0.3, -0.25) is 9.59 Å². The summed E-state index contributed by atoms with van der Waals surface area (Å²) in [6, 6.07) is 0. The molecule has 146 valence electrons. The normalized spacial score (nSPS) is 31.0. The monoisotopic (exact) mass is 376 g/mol. The van der Waals surface area contributed by atoms with E-state index in [-0.39, 0.29) is 17.9 Å². The quantitative estimate of drug-likeness (QED) is 0.608. The lowest BCUT2D eigenvalue weighted by Gasteiger charge is -2.27. The Morgan fingerprint density at radius 2 is 2.33 bits per heavy atom. The van der Waals surface area contributed by atoms with Crippen LogP contribution in [0.5, 0.6) is 0 Å². The van der Waals surface area contributed by atoms with Crippen molar-refractivity contribution in [1.29, 1.82) is 0 Å².